The van der Waals surface area contributed by atoms with Gasteiger partial charge < -0.3 is 15.5 Å². The Kier molecular flexibility index (Phi) is 7.86. The summed E-state index contributed by atoms with van der Waals surface area (Å²) < 4.78 is 0. The van der Waals surface area contributed by atoms with Crippen molar-refractivity contribution < 1.29 is 9.59 Å². The average molecular weight is 476 g/mol. The third-order valence-electron chi connectivity index (χ3n) is 6.31. The Morgan fingerprint density at radius 3 is 2.47 bits per heavy atom. The second kappa shape index (κ2) is 11.2. The lowest BCUT2D eigenvalue weighted by molar-refractivity contribution is 0.0950. The van der Waals surface area contributed by atoms with E-state index in [2.05, 4.69) is 41.8 Å². The van der Waals surface area contributed by atoms with E-state index >= 15 is 0 Å². The van der Waals surface area contributed by atoms with Crippen molar-refractivity contribution in [2.24, 2.45) is 0 Å². The molecule has 34 heavy (non-hydrogen) atoms. The number of rotatable bonds is 6. The van der Waals surface area contributed by atoms with E-state index in [-0.39, 0.29) is 17.9 Å². The molecule has 0 bridgehead atoms. The molecule has 5 nitrogen and oxygen atoms in total. The molecule has 0 saturated carbocycles. The van der Waals surface area contributed by atoms with Crippen LogP contribution in [0.5, 0.6) is 0 Å². The Balaban J connectivity index is 1.36. The maximum absolute atomic E-state index is 12.8. The predicted molar refractivity (Wildman–Crippen MR) is 137 cm³/mol. The summed E-state index contributed by atoms with van der Waals surface area (Å²) in [6.45, 7) is 3.96. The zero-order chi connectivity index (χ0) is 23.9. The second-order valence-electron chi connectivity index (χ2n) is 8.70. The molecule has 1 aliphatic heterocycles. The highest BCUT2D eigenvalue weighted by molar-refractivity contribution is 6.30. The zero-order valence-corrected chi connectivity index (χ0v) is 20.1. The van der Waals surface area contributed by atoms with E-state index in [1.807, 2.05) is 29.2 Å². The van der Waals surface area contributed by atoms with Gasteiger partial charge in [0.25, 0.3) is 5.91 Å². The van der Waals surface area contributed by atoms with E-state index in [9.17, 15) is 9.59 Å². The average Bonchev–Trinajstić information content (AvgIpc) is 2.89. The number of likely N-dealkylation sites (tertiary alicyclic amines) is 1. The molecule has 0 spiro atoms. The summed E-state index contributed by atoms with van der Waals surface area (Å²) in [5.74, 6) is 0.105. The van der Waals surface area contributed by atoms with E-state index < -0.39 is 0 Å². The Morgan fingerprint density at radius 2 is 1.74 bits per heavy atom. The first kappa shape index (κ1) is 23.8. The molecule has 0 aliphatic carbocycles. The largest absolute Gasteiger partial charge is 0.348 e. The van der Waals surface area contributed by atoms with E-state index in [1.54, 1.807) is 24.3 Å². The molecule has 0 radical (unpaired) electrons. The monoisotopic (exact) mass is 475 g/mol. The lowest BCUT2D eigenvalue weighted by Crippen LogP contribution is -2.41. The van der Waals surface area contributed by atoms with Crippen molar-refractivity contribution in [1.29, 1.82) is 0 Å². The van der Waals surface area contributed by atoms with Gasteiger partial charge in [0.2, 0.25) is 0 Å². The van der Waals surface area contributed by atoms with E-state index in [0.717, 1.165) is 36.1 Å². The molecular weight excluding hydrogens is 446 g/mol. The maximum atomic E-state index is 12.8. The number of hydrogen-bond acceptors (Lipinski definition) is 2. The number of nitrogens with one attached hydrogen (secondary N) is 2. The van der Waals surface area contributed by atoms with Gasteiger partial charge in [-0.2, -0.15) is 0 Å². The van der Waals surface area contributed by atoms with Crippen LogP contribution in [-0.2, 0) is 13.0 Å². The lowest BCUT2D eigenvalue weighted by Gasteiger charge is -2.33. The highest BCUT2D eigenvalue weighted by atomic mass is 35.5. The van der Waals surface area contributed by atoms with Crippen LogP contribution in [0.4, 0.5) is 10.5 Å². The van der Waals surface area contributed by atoms with Gasteiger partial charge in [0.15, 0.2) is 0 Å². The summed E-state index contributed by atoms with van der Waals surface area (Å²) in [5.41, 5.74) is 4.82. The Labute approximate surface area is 206 Å². The van der Waals surface area contributed by atoms with Crippen LogP contribution in [0.1, 0.15) is 52.7 Å². The van der Waals surface area contributed by atoms with Gasteiger partial charge in [-0.25, -0.2) is 4.79 Å². The minimum atomic E-state index is -0.116. The SMILES string of the molecule is CCc1ccc(CNC(=O)c2cccc(C3CCCN(C(=O)Nc4ccc(Cl)cc4)C3)c2)cc1. The fraction of sp³-hybridized carbons (Fsp3) is 0.286. The number of amides is 3. The molecule has 176 valence electrons. The molecule has 3 aromatic rings. The number of anilines is 1. The van der Waals surface area contributed by atoms with Gasteiger partial charge in [-0.15, -0.1) is 0 Å². The van der Waals surface area contributed by atoms with Gasteiger partial charge in [-0.05, 0) is 72.4 Å². The van der Waals surface area contributed by atoms with Crippen molar-refractivity contribution in [3.05, 3.63) is 100 Å². The van der Waals surface area contributed by atoms with Crippen molar-refractivity contribution in [2.75, 3.05) is 18.4 Å². The van der Waals surface area contributed by atoms with Crippen LogP contribution in [-0.4, -0.2) is 29.9 Å². The normalized spacial score (nSPS) is 15.6. The topological polar surface area (TPSA) is 61.4 Å². The van der Waals surface area contributed by atoms with Crippen LogP contribution < -0.4 is 10.6 Å². The van der Waals surface area contributed by atoms with Crippen LogP contribution >= 0.6 is 11.6 Å². The molecule has 1 saturated heterocycles. The number of piperidine rings is 1. The molecule has 3 amide bonds. The van der Waals surface area contributed by atoms with Crippen LogP contribution in [0, 0.1) is 0 Å². The molecule has 2 N–H and O–H groups in total. The number of carbonyl (C=O) groups excluding carboxylic acids is 2. The second-order valence-corrected chi connectivity index (χ2v) is 9.14. The standard InChI is InChI=1S/C28H30ClN3O2/c1-2-20-8-10-21(11-9-20)18-30-27(33)23-6-3-5-22(17-23)24-7-4-16-32(19-24)28(34)31-26-14-12-25(29)13-15-26/h3,5-6,8-15,17,24H,2,4,7,16,18-19H2,1H3,(H,30,33)(H,31,34). The summed E-state index contributed by atoms with van der Waals surface area (Å²) in [6, 6.07) is 23.1. The van der Waals surface area contributed by atoms with E-state index in [0.29, 0.717) is 30.2 Å². The lowest BCUT2D eigenvalue weighted by atomic mass is 9.89. The summed E-state index contributed by atoms with van der Waals surface area (Å²) in [4.78, 5) is 27.4. The summed E-state index contributed by atoms with van der Waals surface area (Å²) in [7, 11) is 0. The molecule has 1 fully saturated rings. The smallest absolute Gasteiger partial charge is 0.321 e. The van der Waals surface area contributed by atoms with Crippen LogP contribution in [0.25, 0.3) is 0 Å². The van der Waals surface area contributed by atoms with Gasteiger partial charge >= 0.3 is 6.03 Å². The molecule has 3 aromatic carbocycles. The number of carbonyl (C=O) groups is 2. The maximum Gasteiger partial charge on any atom is 0.321 e. The third kappa shape index (κ3) is 6.17. The zero-order valence-electron chi connectivity index (χ0n) is 19.4. The van der Waals surface area contributed by atoms with Crippen molar-refractivity contribution in [3.8, 4) is 0 Å². The minimum Gasteiger partial charge on any atom is -0.348 e. The molecule has 4 rings (SSSR count). The number of halogens is 1. The van der Waals surface area contributed by atoms with Crippen molar-refractivity contribution in [1.82, 2.24) is 10.2 Å². The van der Waals surface area contributed by atoms with E-state index in [1.165, 1.54) is 5.56 Å². The molecule has 1 heterocycles. The molecule has 1 aliphatic rings. The quantitative estimate of drug-likeness (QED) is 0.443. The van der Waals surface area contributed by atoms with Gasteiger partial charge in [-0.1, -0.05) is 54.9 Å². The number of hydrogen-bond donors (Lipinski definition) is 2. The highest BCUT2D eigenvalue weighted by Crippen LogP contribution is 2.28. The molecule has 6 heteroatoms. The van der Waals surface area contributed by atoms with Crippen molar-refractivity contribution in [2.45, 2.75) is 38.6 Å². The Hall–Kier alpha value is -3.31. The number of nitrogens with zero attached hydrogens (tertiary/aromatic N) is 1. The fourth-order valence-electron chi connectivity index (χ4n) is 4.28. The van der Waals surface area contributed by atoms with E-state index in [4.69, 9.17) is 11.6 Å². The number of aryl methyl sites for hydroxylation is 1. The third-order valence-corrected chi connectivity index (χ3v) is 6.56. The molecular formula is C28H30ClN3O2. The predicted octanol–water partition coefficient (Wildman–Crippen LogP) is 6.24. The van der Waals surface area contributed by atoms with Gasteiger partial charge in [-0.3, -0.25) is 4.79 Å². The first-order chi connectivity index (χ1) is 16.5. The Bertz CT molecular complexity index is 1130. The first-order valence-electron chi connectivity index (χ1n) is 11.8. The fourth-order valence-corrected chi connectivity index (χ4v) is 4.41. The minimum absolute atomic E-state index is 0.0884. The number of urea groups is 1. The van der Waals surface area contributed by atoms with Gasteiger partial charge in [0, 0.05) is 41.8 Å². The highest BCUT2D eigenvalue weighted by Gasteiger charge is 2.25. The summed E-state index contributed by atoms with van der Waals surface area (Å²) >= 11 is 5.93. The van der Waals surface area contributed by atoms with Crippen molar-refractivity contribution in [3.63, 3.8) is 0 Å². The van der Waals surface area contributed by atoms with Crippen LogP contribution in [0.2, 0.25) is 5.02 Å². The van der Waals surface area contributed by atoms with Gasteiger partial charge in [0.05, 0.1) is 0 Å². The van der Waals surface area contributed by atoms with Crippen molar-refractivity contribution >= 4 is 29.2 Å². The molecule has 1 atom stereocenters. The molecule has 0 aromatic heterocycles. The first-order valence-corrected chi connectivity index (χ1v) is 12.2. The van der Waals surface area contributed by atoms with Crippen LogP contribution in [0.3, 0.4) is 0 Å². The summed E-state index contributed by atoms with van der Waals surface area (Å²) in [5, 5.41) is 6.60. The summed E-state index contributed by atoms with van der Waals surface area (Å²) in [6.07, 6.45) is 2.91. The van der Waals surface area contributed by atoms with Crippen LogP contribution in [0.15, 0.2) is 72.8 Å². The van der Waals surface area contributed by atoms with Gasteiger partial charge in [0.1, 0.15) is 0 Å². The number of benzene rings is 3. The molecule has 1 unspecified atom stereocenters. The Morgan fingerprint density at radius 1 is 1.00 bits per heavy atom.